The van der Waals surface area contributed by atoms with Crippen LogP contribution >= 0.6 is 0 Å². The lowest BCUT2D eigenvalue weighted by Gasteiger charge is -2.45. The average molecular weight is 441 g/mol. The molecule has 2 aromatic carbocycles. The number of benzene rings is 2. The maximum Gasteiger partial charge on any atom is 0.210 e. The van der Waals surface area contributed by atoms with Crippen molar-refractivity contribution in [1.82, 2.24) is 19.9 Å². The highest BCUT2D eigenvalue weighted by Crippen LogP contribution is 2.38. The number of carbonyl (C=O) groups excluding carboxylic acids is 1. The van der Waals surface area contributed by atoms with Crippen molar-refractivity contribution in [3.8, 4) is 16.9 Å². The summed E-state index contributed by atoms with van der Waals surface area (Å²) in [5.74, 6) is 1.34. The molecular weight excluding hydrogens is 418 g/mol. The molecule has 0 bridgehead atoms. The second-order valence-corrected chi connectivity index (χ2v) is 7.83. The predicted octanol–water partition coefficient (Wildman–Crippen LogP) is 3.97. The minimum atomic E-state index is -0.120. The van der Waals surface area contributed by atoms with Crippen LogP contribution in [-0.4, -0.2) is 53.1 Å². The van der Waals surface area contributed by atoms with Gasteiger partial charge in [-0.15, -0.1) is 0 Å². The highest BCUT2D eigenvalue weighted by Gasteiger charge is 2.39. The highest BCUT2D eigenvalue weighted by atomic mass is 16.5. The molecule has 166 valence electrons. The number of pyridine rings is 1. The van der Waals surface area contributed by atoms with Crippen molar-refractivity contribution in [1.29, 1.82) is 0 Å². The highest BCUT2D eigenvalue weighted by molar-refractivity contribution is 5.97. The third-order valence-corrected chi connectivity index (χ3v) is 6.00. The standard InChI is InChI=1S/C25H23N5O3/c1-32-22-8-16(25-23(33-2)13-30(25)15-31)6-7-21(22)29-24-9-20-17(12-28-24)4-3-5-19(20)18-10-26-14-27-11-18/h3-12,14-15,23,25H,13H2,1-2H3,(H,28,29). The predicted molar refractivity (Wildman–Crippen MR) is 125 cm³/mol. The summed E-state index contributed by atoms with van der Waals surface area (Å²) in [4.78, 5) is 25.9. The Hall–Kier alpha value is -4.04. The number of hydrogen-bond donors (Lipinski definition) is 1. The molecule has 1 aliphatic heterocycles. The van der Waals surface area contributed by atoms with E-state index in [9.17, 15) is 4.79 Å². The summed E-state index contributed by atoms with van der Waals surface area (Å²) in [6, 6.07) is 13.8. The van der Waals surface area contributed by atoms with Crippen LogP contribution in [0.4, 0.5) is 11.5 Å². The molecule has 0 aliphatic carbocycles. The van der Waals surface area contributed by atoms with Gasteiger partial charge in [-0.2, -0.15) is 0 Å². The maximum absolute atomic E-state index is 11.3. The lowest BCUT2D eigenvalue weighted by Crippen LogP contribution is -2.53. The van der Waals surface area contributed by atoms with Crippen molar-refractivity contribution in [2.24, 2.45) is 0 Å². The number of carbonyl (C=O) groups is 1. The number of likely N-dealkylation sites (tertiary alicyclic amines) is 1. The van der Waals surface area contributed by atoms with E-state index in [4.69, 9.17) is 9.47 Å². The molecule has 3 heterocycles. The third-order valence-electron chi connectivity index (χ3n) is 6.00. The smallest absolute Gasteiger partial charge is 0.210 e. The fourth-order valence-electron chi connectivity index (χ4n) is 4.28. The molecule has 0 saturated carbocycles. The second kappa shape index (κ2) is 8.84. The minimum Gasteiger partial charge on any atom is -0.495 e. The Morgan fingerprint density at radius 2 is 1.94 bits per heavy atom. The van der Waals surface area contributed by atoms with Crippen LogP contribution in [0.15, 0.2) is 67.4 Å². The third kappa shape index (κ3) is 3.85. The van der Waals surface area contributed by atoms with Gasteiger partial charge in [0.15, 0.2) is 0 Å². The Labute approximate surface area is 191 Å². The van der Waals surface area contributed by atoms with Crippen molar-refractivity contribution in [3.63, 3.8) is 0 Å². The first kappa shape index (κ1) is 20.8. The minimum absolute atomic E-state index is 0.0266. The molecule has 4 aromatic rings. The molecular formula is C25H23N5O3. The Kier molecular flexibility index (Phi) is 5.58. The van der Waals surface area contributed by atoms with E-state index in [0.29, 0.717) is 18.1 Å². The van der Waals surface area contributed by atoms with Gasteiger partial charge in [-0.3, -0.25) is 4.79 Å². The number of methoxy groups -OCH3 is 2. The van der Waals surface area contributed by atoms with E-state index in [-0.39, 0.29) is 12.1 Å². The summed E-state index contributed by atoms with van der Waals surface area (Å²) in [6.07, 6.45) is 7.78. The molecule has 5 rings (SSSR count). The van der Waals surface area contributed by atoms with Crippen molar-refractivity contribution in [2.75, 3.05) is 26.1 Å². The Morgan fingerprint density at radius 1 is 1.09 bits per heavy atom. The quantitative estimate of drug-likeness (QED) is 0.434. The van der Waals surface area contributed by atoms with E-state index in [1.54, 1.807) is 31.5 Å². The van der Waals surface area contributed by atoms with Crippen LogP contribution in [0.2, 0.25) is 0 Å². The van der Waals surface area contributed by atoms with E-state index in [2.05, 4.69) is 20.3 Å². The van der Waals surface area contributed by atoms with E-state index in [0.717, 1.165) is 39.6 Å². The second-order valence-electron chi connectivity index (χ2n) is 7.83. The normalized spacial score (nSPS) is 17.5. The molecule has 2 unspecified atom stereocenters. The SMILES string of the molecule is COc1cc(C2C(OC)CN2C=O)ccc1Nc1cc2c(-c3cncnc3)cccc2cn1. The fourth-order valence-corrected chi connectivity index (χ4v) is 4.28. The Balaban J connectivity index is 1.48. The summed E-state index contributed by atoms with van der Waals surface area (Å²) in [5, 5.41) is 5.43. The topological polar surface area (TPSA) is 89.5 Å². The molecule has 8 heteroatoms. The largest absolute Gasteiger partial charge is 0.495 e. The molecule has 0 radical (unpaired) electrons. The maximum atomic E-state index is 11.3. The van der Waals surface area contributed by atoms with Gasteiger partial charge in [0.25, 0.3) is 0 Å². The van der Waals surface area contributed by atoms with Crippen LogP contribution in [0.5, 0.6) is 5.75 Å². The van der Waals surface area contributed by atoms with E-state index >= 15 is 0 Å². The van der Waals surface area contributed by atoms with Gasteiger partial charge in [0.2, 0.25) is 6.41 Å². The fraction of sp³-hybridized carbons (Fsp3) is 0.200. The van der Waals surface area contributed by atoms with Gasteiger partial charge in [-0.1, -0.05) is 24.3 Å². The van der Waals surface area contributed by atoms with Crippen LogP contribution in [0.25, 0.3) is 21.9 Å². The number of anilines is 2. The molecule has 1 fully saturated rings. The lowest BCUT2D eigenvalue weighted by molar-refractivity contribution is -0.140. The van der Waals surface area contributed by atoms with Gasteiger partial charge in [0.1, 0.15) is 17.9 Å². The van der Waals surface area contributed by atoms with Crippen LogP contribution in [0.1, 0.15) is 11.6 Å². The van der Waals surface area contributed by atoms with Crippen molar-refractivity contribution < 1.29 is 14.3 Å². The van der Waals surface area contributed by atoms with Crippen LogP contribution < -0.4 is 10.1 Å². The van der Waals surface area contributed by atoms with Gasteiger partial charge >= 0.3 is 0 Å². The van der Waals surface area contributed by atoms with E-state index in [1.165, 1.54) is 6.33 Å². The summed E-state index contributed by atoms with van der Waals surface area (Å²) < 4.78 is 11.1. The molecule has 1 N–H and O–H groups in total. The molecule has 1 amide bonds. The summed E-state index contributed by atoms with van der Waals surface area (Å²) in [6.45, 7) is 0.586. The Bertz CT molecular complexity index is 1300. The van der Waals surface area contributed by atoms with Crippen LogP contribution in [0, 0.1) is 0 Å². The zero-order valence-corrected chi connectivity index (χ0v) is 18.3. The zero-order chi connectivity index (χ0) is 22.8. The molecule has 2 aromatic heterocycles. The monoisotopic (exact) mass is 441 g/mol. The van der Waals surface area contributed by atoms with Gasteiger partial charge in [-0.05, 0) is 34.7 Å². The van der Waals surface area contributed by atoms with Crippen LogP contribution in [0.3, 0.4) is 0 Å². The Morgan fingerprint density at radius 3 is 2.70 bits per heavy atom. The first-order chi connectivity index (χ1) is 16.2. The first-order valence-corrected chi connectivity index (χ1v) is 10.5. The molecule has 2 atom stereocenters. The van der Waals surface area contributed by atoms with E-state index in [1.807, 2.05) is 48.7 Å². The van der Waals surface area contributed by atoms with Gasteiger partial charge in [-0.25, -0.2) is 15.0 Å². The molecule has 1 saturated heterocycles. The summed E-state index contributed by atoms with van der Waals surface area (Å²) in [7, 11) is 3.28. The summed E-state index contributed by atoms with van der Waals surface area (Å²) in [5.41, 5.74) is 3.71. The van der Waals surface area contributed by atoms with Crippen molar-refractivity contribution in [3.05, 3.63) is 72.9 Å². The number of nitrogens with zero attached hydrogens (tertiary/aromatic N) is 4. The molecule has 33 heavy (non-hydrogen) atoms. The van der Waals surface area contributed by atoms with Gasteiger partial charge in [0.05, 0.1) is 24.9 Å². The number of fused-ring (bicyclic) bond motifs is 1. The molecule has 8 nitrogen and oxygen atoms in total. The average Bonchev–Trinajstić information content (AvgIpc) is 2.85. The van der Waals surface area contributed by atoms with Gasteiger partial charge < -0.3 is 19.7 Å². The number of nitrogens with one attached hydrogen (secondary N) is 1. The number of amides is 1. The molecule has 1 aliphatic rings. The number of aromatic nitrogens is 3. The zero-order valence-electron chi connectivity index (χ0n) is 18.3. The number of hydrogen-bond acceptors (Lipinski definition) is 7. The van der Waals surface area contributed by atoms with Crippen molar-refractivity contribution in [2.45, 2.75) is 12.1 Å². The number of rotatable bonds is 7. The van der Waals surface area contributed by atoms with Gasteiger partial charge in [0, 0.05) is 43.2 Å². The van der Waals surface area contributed by atoms with Crippen molar-refractivity contribution >= 4 is 28.7 Å². The summed E-state index contributed by atoms with van der Waals surface area (Å²) >= 11 is 0. The van der Waals surface area contributed by atoms with Crippen LogP contribution in [-0.2, 0) is 9.53 Å². The first-order valence-electron chi connectivity index (χ1n) is 10.5. The lowest BCUT2D eigenvalue weighted by atomic mass is 9.92. The number of ether oxygens (including phenoxy) is 2. The molecule has 0 spiro atoms. The van der Waals surface area contributed by atoms with E-state index < -0.39 is 0 Å².